The lowest BCUT2D eigenvalue weighted by atomic mass is 9.91. The van der Waals surface area contributed by atoms with Gasteiger partial charge >= 0.3 is 6.09 Å². The number of ether oxygens (including phenoxy) is 1. The Hall–Kier alpha value is -0.810. The van der Waals surface area contributed by atoms with Gasteiger partial charge in [0, 0.05) is 24.7 Å². The maximum atomic E-state index is 11.8. The van der Waals surface area contributed by atoms with Gasteiger partial charge < -0.3 is 15.4 Å². The number of hydrogen-bond donors (Lipinski definition) is 2. The van der Waals surface area contributed by atoms with Crippen LogP contribution in [0, 0.1) is 0 Å². The van der Waals surface area contributed by atoms with Crippen LogP contribution in [0.15, 0.2) is 0 Å². The third kappa shape index (κ3) is 6.30. The van der Waals surface area contributed by atoms with Crippen LogP contribution in [0.2, 0.25) is 0 Å². The van der Waals surface area contributed by atoms with Crippen LogP contribution >= 0.6 is 0 Å². The van der Waals surface area contributed by atoms with E-state index in [1.165, 1.54) is 25.9 Å². The highest BCUT2D eigenvalue weighted by molar-refractivity contribution is 5.68. The lowest BCUT2D eigenvalue weighted by molar-refractivity contribution is 0.0489. The SMILES string of the molecule is CCN1CCCC1CNC1CCC(NC(=O)OC(C)(C)C)CC1. The topological polar surface area (TPSA) is 53.6 Å². The second-order valence-electron chi connectivity index (χ2n) is 8.03. The number of nitrogens with zero attached hydrogens (tertiary/aromatic N) is 1. The number of carbonyl (C=O) groups excluding carboxylic acids is 1. The molecule has 2 rings (SSSR count). The van der Waals surface area contributed by atoms with Gasteiger partial charge in [0.25, 0.3) is 0 Å². The molecule has 1 saturated heterocycles. The first-order valence-corrected chi connectivity index (χ1v) is 9.34. The summed E-state index contributed by atoms with van der Waals surface area (Å²) in [4.78, 5) is 14.4. The largest absolute Gasteiger partial charge is 0.444 e. The lowest BCUT2D eigenvalue weighted by Crippen LogP contribution is -2.46. The van der Waals surface area contributed by atoms with E-state index in [0.717, 1.165) is 38.3 Å². The fourth-order valence-corrected chi connectivity index (χ4v) is 3.76. The summed E-state index contributed by atoms with van der Waals surface area (Å²) in [5, 5.41) is 6.77. The number of hydrogen-bond acceptors (Lipinski definition) is 4. The summed E-state index contributed by atoms with van der Waals surface area (Å²) in [7, 11) is 0. The number of alkyl carbamates (subject to hydrolysis) is 1. The van der Waals surface area contributed by atoms with Crippen LogP contribution in [0.1, 0.15) is 66.2 Å². The fraction of sp³-hybridized carbons (Fsp3) is 0.944. The minimum Gasteiger partial charge on any atom is -0.444 e. The van der Waals surface area contributed by atoms with Crippen molar-refractivity contribution in [1.82, 2.24) is 15.5 Å². The van der Waals surface area contributed by atoms with E-state index in [0.29, 0.717) is 6.04 Å². The molecule has 1 saturated carbocycles. The molecular formula is C18H35N3O2. The molecule has 2 aliphatic rings. The predicted molar refractivity (Wildman–Crippen MR) is 93.7 cm³/mol. The molecule has 134 valence electrons. The first kappa shape index (κ1) is 18.5. The molecule has 2 N–H and O–H groups in total. The summed E-state index contributed by atoms with van der Waals surface area (Å²) < 4.78 is 5.34. The Morgan fingerprint density at radius 3 is 2.39 bits per heavy atom. The van der Waals surface area contributed by atoms with Crippen molar-refractivity contribution >= 4 is 6.09 Å². The Morgan fingerprint density at radius 2 is 1.78 bits per heavy atom. The van der Waals surface area contributed by atoms with Crippen LogP contribution in [0.5, 0.6) is 0 Å². The molecule has 5 heteroatoms. The van der Waals surface area contributed by atoms with Crippen LogP contribution in [0.3, 0.4) is 0 Å². The van der Waals surface area contributed by atoms with Crippen LogP contribution in [-0.4, -0.2) is 54.4 Å². The molecule has 1 heterocycles. The molecule has 0 spiro atoms. The molecule has 2 fully saturated rings. The molecule has 0 aromatic rings. The van der Waals surface area contributed by atoms with Crippen molar-refractivity contribution < 1.29 is 9.53 Å². The van der Waals surface area contributed by atoms with Gasteiger partial charge in [0.05, 0.1) is 0 Å². The number of likely N-dealkylation sites (N-methyl/N-ethyl adjacent to an activating group) is 1. The second kappa shape index (κ2) is 8.34. The molecule has 1 aliphatic heterocycles. The van der Waals surface area contributed by atoms with E-state index in [9.17, 15) is 4.79 Å². The first-order chi connectivity index (χ1) is 10.9. The first-order valence-electron chi connectivity index (χ1n) is 9.34. The van der Waals surface area contributed by atoms with E-state index in [1.54, 1.807) is 0 Å². The van der Waals surface area contributed by atoms with Gasteiger partial charge in [-0.05, 0) is 72.4 Å². The normalized spacial score (nSPS) is 29.5. The van der Waals surface area contributed by atoms with Crippen LogP contribution in [0.25, 0.3) is 0 Å². The summed E-state index contributed by atoms with van der Waals surface area (Å²) >= 11 is 0. The third-order valence-electron chi connectivity index (χ3n) is 5.00. The third-order valence-corrected chi connectivity index (χ3v) is 5.00. The molecule has 0 aromatic heterocycles. The molecule has 23 heavy (non-hydrogen) atoms. The Kier molecular flexibility index (Phi) is 6.72. The Labute approximate surface area is 141 Å². The van der Waals surface area contributed by atoms with E-state index in [4.69, 9.17) is 4.74 Å². The van der Waals surface area contributed by atoms with Crippen molar-refractivity contribution in [3.05, 3.63) is 0 Å². The molecule has 0 radical (unpaired) electrons. The van der Waals surface area contributed by atoms with Gasteiger partial charge in [-0.2, -0.15) is 0 Å². The average Bonchev–Trinajstić information content (AvgIpc) is 2.92. The minimum atomic E-state index is -0.421. The Balaban J connectivity index is 1.63. The van der Waals surface area contributed by atoms with E-state index in [2.05, 4.69) is 22.5 Å². The zero-order valence-electron chi connectivity index (χ0n) is 15.4. The monoisotopic (exact) mass is 325 g/mol. The van der Waals surface area contributed by atoms with Gasteiger partial charge in [0.15, 0.2) is 0 Å². The molecule has 1 amide bonds. The average molecular weight is 325 g/mol. The molecule has 5 nitrogen and oxygen atoms in total. The number of rotatable bonds is 5. The van der Waals surface area contributed by atoms with E-state index in [1.807, 2.05) is 20.8 Å². The molecule has 0 aromatic carbocycles. The zero-order chi connectivity index (χ0) is 16.9. The van der Waals surface area contributed by atoms with Crippen molar-refractivity contribution in [3.63, 3.8) is 0 Å². The minimum absolute atomic E-state index is 0.265. The fourth-order valence-electron chi connectivity index (χ4n) is 3.76. The highest BCUT2D eigenvalue weighted by Gasteiger charge is 2.27. The van der Waals surface area contributed by atoms with Gasteiger partial charge in [-0.1, -0.05) is 6.92 Å². The highest BCUT2D eigenvalue weighted by Crippen LogP contribution is 2.21. The molecule has 1 unspecified atom stereocenters. The highest BCUT2D eigenvalue weighted by atomic mass is 16.6. The van der Waals surface area contributed by atoms with Gasteiger partial charge in [0.2, 0.25) is 0 Å². The summed E-state index contributed by atoms with van der Waals surface area (Å²) in [5.41, 5.74) is -0.421. The van der Waals surface area contributed by atoms with E-state index >= 15 is 0 Å². The molecule has 0 bridgehead atoms. The van der Waals surface area contributed by atoms with Crippen molar-refractivity contribution in [1.29, 1.82) is 0 Å². The molecule has 1 aliphatic carbocycles. The maximum Gasteiger partial charge on any atom is 0.407 e. The van der Waals surface area contributed by atoms with Crippen molar-refractivity contribution in [2.24, 2.45) is 0 Å². The van der Waals surface area contributed by atoms with Crippen molar-refractivity contribution in [2.45, 2.75) is 89.9 Å². The summed E-state index contributed by atoms with van der Waals surface area (Å²) in [6.45, 7) is 11.5. The standard InChI is InChI=1S/C18H35N3O2/c1-5-21-12-6-7-16(21)13-19-14-8-10-15(11-9-14)20-17(22)23-18(2,3)4/h14-16,19H,5-13H2,1-4H3,(H,20,22). The quantitative estimate of drug-likeness (QED) is 0.816. The van der Waals surface area contributed by atoms with Gasteiger partial charge in [0.1, 0.15) is 5.60 Å². The molecule has 1 atom stereocenters. The zero-order valence-corrected chi connectivity index (χ0v) is 15.4. The lowest BCUT2D eigenvalue weighted by Gasteiger charge is -2.32. The number of likely N-dealkylation sites (tertiary alicyclic amines) is 1. The van der Waals surface area contributed by atoms with Crippen LogP contribution < -0.4 is 10.6 Å². The van der Waals surface area contributed by atoms with Gasteiger partial charge in [-0.15, -0.1) is 0 Å². The van der Waals surface area contributed by atoms with Crippen molar-refractivity contribution in [3.8, 4) is 0 Å². The predicted octanol–water partition coefficient (Wildman–Crippen LogP) is 2.90. The number of carbonyl (C=O) groups is 1. The van der Waals surface area contributed by atoms with Crippen LogP contribution in [-0.2, 0) is 4.74 Å². The maximum absolute atomic E-state index is 11.8. The molecular weight excluding hydrogens is 290 g/mol. The van der Waals surface area contributed by atoms with E-state index < -0.39 is 5.60 Å². The van der Waals surface area contributed by atoms with Crippen molar-refractivity contribution in [2.75, 3.05) is 19.6 Å². The van der Waals surface area contributed by atoms with Gasteiger partial charge in [-0.25, -0.2) is 4.79 Å². The number of amides is 1. The van der Waals surface area contributed by atoms with Gasteiger partial charge in [-0.3, -0.25) is 4.90 Å². The summed E-state index contributed by atoms with van der Waals surface area (Å²) in [5.74, 6) is 0. The summed E-state index contributed by atoms with van der Waals surface area (Å²) in [6.07, 6.45) is 6.75. The smallest absolute Gasteiger partial charge is 0.407 e. The Bertz CT molecular complexity index is 373. The summed E-state index contributed by atoms with van der Waals surface area (Å²) in [6, 6.07) is 1.59. The Morgan fingerprint density at radius 1 is 1.13 bits per heavy atom. The van der Waals surface area contributed by atoms with E-state index in [-0.39, 0.29) is 12.1 Å². The second-order valence-corrected chi connectivity index (χ2v) is 8.03. The van der Waals surface area contributed by atoms with Crippen LogP contribution in [0.4, 0.5) is 4.79 Å². The number of nitrogens with one attached hydrogen (secondary N) is 2.